The van der Waals surface area contributed by atoms with E-state index >= 15 is 0 Å². The van der Waals surface area contributed by atoms with E-state index in [1.54, 1.807) is 31.5 Å². The summed E-state index contributed by atoms with van der Waals surface area (Å²) in [7, 11) is 0. The normalized spacial score (nSPS) is 12.0. The lowest BCUT2D eigenvalue weighted by atomic mass is 10.1. The zero-order valence-corrected chi connectivity index (χ0v) is 13.3. The van der Waals surface area contributed by atoms with E-state index in [1.807, 2.05) is 19.1 Å². The maximum absolute atomic E-state index is 13.0. The minimum Gasteiger partial charge on any atom is -0.343 e. The standard InChI is InChI=1S/C17H16FN5O/c1-11(13-7-9-19-10-8-13)20-17(24)16-21-12(2)23(22-16)15-5-3-14(18)4-6-15/h3-11H,1-2H3,(H,20,24). The summed E-state index contributed by atoms with van der Waals surface area (Å²) in [6.07, 6.45) is 3.34. The van der Waals surface area contributed by atoms with Gasteiger partial charge in [0.15, 0.2) is 0 Å². The molecular weight excluding hydrogens is 309 g/mol. The van der Waals surface area contributed by atoms with Crippen LogP contribution in [0.15, 0.2) is 48.8 Å². The van der Waals surface area contributed by atoms with E-state index in [2.05, 4.69) is 20.4 Å². The van der Waals surface area contributed by atoms with Crippen LogP contribution in [0.25, 0.3) is 5.69 Å². The molecule has 0 saturated heterocycles. The highest BCUT2D eigenvalue weighted by Crippen LogP contribution is 2.13. The van der Waals surface area contributed by atoms with Crippen LogP contribution in [-0.2, 0) is 0 Å². The molecule has 2 aromatic heterocycles. The summed E-state index contributed by atoms with van der Waals surface area (Å²) in [5.74, 6) is -0.0926. The lowest BCUT2D eigenvalue weighted by Crippen LogP contribution is -2.27. The second kappa shape index (κ2) is 6.57. The van der Waals surface area contributed by atoms with Crippen molar-refractivity contribution in [1.29, 1.82) is 0 Å². The van der Waals surface area contributed by atoms with Crippen molar-refractivity contribution in [2.75, 3.05) is 0 Å². The number of aryl methyl sites for hydroxylation is 1. The van der Waals surface area contributed by atoms with Crippen LogP contribution in [0, 0.1) is 12.7 Å². The van der Waals surface area contributed by atoms with Crippen LogP contribution in [0.3, 0.4) is 0 Å². The fourth-order valence-electron chi connectivity index (χ4n) is 2.31. The fourth-order valence-corrected chi connectivity index (χ4v) is 2.31. The molecule has 122 valence electrons. The molecule has 1 amide bonds. The number of nitrogens with one attached hydrogen (secondary N) is 1. The van der Waals surface area contributed by atoms with Gasteiger partial charge in [0.2, 0.25) is 5.82 Å². The first kappa shape index (κ1) is 15.8. The summed E-state index contributed by atoms with van der Waals surface area (Å²) in [5.41, 5.74) is 1.58. The molecule has 1 unspecified atom stereocenters. The van der Waals surface area contributed by atoms with Crippen molar-refractivity contribution in [3.05, 3.63) is 71.8 Å². The topological polar surface area (TPSA) is 72.7 Å². The maximum atomic E-state index is 13.0. The number of hydrogen-bond donors (Lipinski definition) is 1. The summed E-state index contributed by atoms with van der Waals surface area (Å²) in [6.45, 7) is 3.61. The zero-order chi connectivity index (χ0) is 17.1. The molecular formula is C17H16FN5O. The summed E-state index contributed by atoms with van der Waals surface area (Å²) in [6, 6.07) is 9.31. The Kier molecular flexibility index (Phi) is 4.33. The second-order valence-electron chi connectivity index (χ2n) is 5.35. The number of amides is 1. The van der Waals surface area contributed by atoms with Crippen molar-refractivity contribution in [1.82, 2.24) is 25.1 Å². The summed E-state index contributed by atoms with van der Waals surface area (Å²) < 4.78 is 14.5. The average Bonchev–Trinajstić information content (AvgIpc) is 2.98. The van der Waals surface area contributed by atoms with E-state index in [0.29, 0.717) is 11.5 Å². The van der Waals surface area contributed by atoms with Gasteiger partial charge in [-0.05, 0) is 55.8 Å². The van der Waals surface area contributed by atoms with Gasteiger partial charge in [0.25, 0.3) is 5.91 Å². The van der Waals surface area contributed by atoms with Gasteiger partial charge in [0, 0.05) is 12.4 Å². The highest BCUT2D eigenvalue weighted by Gasteiger charge is 2.17. The Morgan fingerprint density at radius 1 is 1.17 bits per heavy atom. The van der Waals surface area contributed by atoms with Crippen molar-refractivity contribution in [2.24, 2.45) is 0 Å². The van der Waals surface area contributed by atoms with Crippen LogP contribution >= 0.6 is 0 Å². The Balaban J connectivity index is 1.79. The third-order valence-corrected chi connectivity index (χ3v) is 3.60. The van der Waals surface area contributed by atoms with Crippen molar-refractivity contribution >= 4 is 5.91 Å². The Morgan fingerprint density at radius 2 is 1.83 bits per heavy atom. The number of hydrogen-bond acceptors (Lipinski definition) is 4. The summed E-state index contributed by atoms with van der Waals surface area (Å²) in [5, 5.41) is 7.06. The first-order valence-electron chi connectivity index (χ1n) is 7.45. The molecule has 1 atom stereocenters. The van der Waals surface area contributed by atoms with Crippen molar-refractivity contribution in [3.8, 4) is 5.69 Å². The number of rotatable bonds is 4. The van der Waals surface area contributed by atoms with Gasteiger partial charge in [0.05, 0.1) is 11.7 Å². The highest BCUT2D eigenvalue weighted by atomic mass is 19.1. The highest BCUT2D eigenvalue weighted by molar-refractivity contribution is 5.90. The van der Waals surface area contributed by atoms with E-state index in [4.69, 9.17) is 0 Å². The van der Waals surface area contributed by atoms with Crippen LogP contribution in [0.1, 0.15) is 35.0 Å². The molecule has 0 bridgehead atoms. The number of pyridine rings is 1. The van der Waals surface area contributed by atoms with E-state index < -0.39 is 0 Å². The minimum absolute atomic E-state index is 0.0673. The van der Waals surface area contributed by atoms with Gasteiger partial charge in [-0.2, -0.15) is 0 Å². The molecule has 3 aromatic rings. The third-order valence-electron chi connectivity index (χ3n) is 3.60. The van der Waals surface area contributed by atoms with Gasteiger partial charge in [0.1, 0.15) is 11.6 Å². The molecule has 0 fully saturated rings. The van der Waals surface area contributed by atoms with Gasteiger partial charge >= 0.3 is 0 Å². The molecule has 0 aliphatic carbocycles. The van der Waals surface area contributed by atoms with Crippen LogP contribution in [-0.4, -0.2) is 25.7 Å². The molecule has 0 spiro atoms. The van der Waals surface area contributed by atoms with Gasteiger partial charge < -0.3 is 5.32 Å². The van der Waals surface area contributed by atoms with Gasteiger partial charge in [-0.3, -0.25) is 9.78 Å². The lowest BCUT2D eigenvalue weighted by Gasteiger charge is -2.12. The van der Waals surface area contributed by atoms with Crippen molar-refractivity contribution < 1.29 is 9.18 Å². The average molecular weight is 325 g/mol. The molecule has 1 N–H and O–H groups in total. The Labute approximate surface area is 138 Å². The molecule has 24 heavy (non-hydrogen) atoms. The van der Waals surface area contributed by atoms with Gasteiger partial charge in [-0.15, -0.1) is 5.10 Å². The fraction of sp³-hybridized carbons (Fsp3) is 0.176. The molecule has 3 rings (SSSR count). The molecule has 0 aliphatic rings. The number of carbonyl (C=O) groups excluding carboxylic acids is 1. The smallest absolute Gasteiger partial charge is 0.291 e. The van der Waals surface area contributed by atoms with E-state index in [-0.39, 0.29) is 23.6 Å². The van der Waals surface area contributed by atoms with E-state index in [1.165, 1.54) is 16.8 Å². The van der Waals surface area contributed by atoms with Gasteiger partial charge in [-0.1, -0.05) is 0 Å². The SMILES string of the molecule is Cc1nc(C(=O)NC(C)c2ccncc2)nn1-c1ccc(F)cc1. The maximum Gasteiger partial charge on any atom is 0.291 e. The molecule has 0 aliphatic heterocycles. The Bertz CT molecular complexity index is 845. The lowest BCUT2D eigenvalue weighted by molar-refractivity contribution is 0.0929. The largest absolute Gasteiger partial charge is 0.343 e. The number of carbonyl (C=O) groups is 1. The Hall–Kier alpha value is -3.09. The molecule has 6 nitrogen and oxygen atoms in total. The van der Waals surface area contributed by atoms with Crippen LogP contribution in [0.4, 0.5) is 4.39 Å². The van der Waals surface area contributed by atoms with Gasteiger partial charge in [-0.25, -0.2) is 14.1 Å². The van der Waals surface area contributed by atoms with E-state index in [9.17, 15) is 9.18 Å². The molecule has 0 saturated carbocycles. The van der Waals surface area contributed by atoms with Crippen LogP contribution < -0.4 is 5.32 Å². The number of nitrogens with zero attached hydrogens (tertiary/aromatic N) is 4. The third kappa shape index (κ3) is 3.29. The molecule has 0 radical (unpaired) electrons. The van der Waals surface area contributed by atoms with Crippen LogP contribution in [0.5, 0.6) is 0 Å². The molecule has 1 aromatic carbocycles. The minimum atomic E-state index is -0.372. The molecule has 2 heterocycles. The number of aromatic nitrogens is 4. The van der Waals surface area contributed by atoms with Crippen molar-refractivity contribution in [3.63, 3.8) is 0 Å². The number of halogens is 1. The van der Waals surface area contributed by atoms with E-state index in [0.717, 1.165) is 5.56 Å². The number of benzene rings is 1. The second-order valence-corrected chi connectivity index (χ2v) is 5.35. The Morgan fingerprint density at radius 3 is 2.50 bits per heavy atom. The summed E-state index contributed by atoms with van der Waals surface area (Å²) in [4.78, 5) is 20.5. The first-order chi connectivity index (χ1) is 11.5. The van der Waals surface area contributed by atoms with Crippen molar-refractivity contribution in [2.45, 2.75) is 19.9 Å². The van der Waals surface area contributed by atoms with Crippen LogP contribution in [0.2, 0.25) is 0 Å². The predicted octanol–water partition coefficient (Wildman–Crippen LogP) is 2.60. The first-order valence-corrected chi connectivity index (χ1v) is 7.45. The monoisotopic (exact) mass is 325 g/mol. The zero-order valence-electron chi connectivity index (χ0n) is 13.3. The quantitative estimate of drug-likeness (QED) is 0.800. The summed E-state index contributed by atoms with van der Waals surface area (Å²) >= 11 is 0. The predicted molar refractivity (Wildman–Crippen MR) is 86.2 cm³/mol. The molecule has 7 heteroatoms.